The Balaban J connectivity index is 2.06. The number of rotatable bonds is 2. The van der Waals surface area contributed by atoms with E-state index in [4.69, 9.17) is 4.42 Å². The molecular formula is C12H8FN3O2S. The summed E-state index contributed by atoms with van der Waals surface area (Å²) in [7, 11) is 0. The highest BCUT2D eigenvalue weighted by Gasteiger charge is 2.18. The van der Waals surface area contributed by atoms with E-state index in [-0.39, 0.29) is 17.6 Å². The minimum Gasteiger partial charge on any atom is -0.492 e. The van der Waals surface area contributed by atoms with Crippen molar-refractivity contribution >= 4 is 11.3 Å². The van der Waals surface area contributed by atoms with Gasteiger partial charge >= 0.3 is 0 Å². The van der Waals surface area contributed by atoms with Crippen LogP contribution in [0.5, 0.6) is 5.88 Å². The van der Waals surface area contributed by atoms with Crippen molar-refractivity contribution in [1.82, 2.24) is 15.2 Å². The van der Waals surface area contributed by atoms with E-state index < -0.39 is 0 Å². The minimum atomic E-state index is -0.359. The molecule has 3 aromatic rings. The van der Waals surface area contributed by atoms with Gasteiger partial charge in [-0.05, 0) is 12.1 Å². The van der Waals surface area contributed by atoms with Crippen LogP contribution in [0, 0.1) is 12.7 Å². The Morgan fingerprint density at radius 2 is 2.16 bits per heavy atom. The Labute approximate surface area is 111 Å². The van der Waals surface area contributed by atoms with Crippen LogP contribution in [0.3, 0.4) is 0 Å². The van der Waals surface area contributed by atoms with Gasteiger partial charge in [-0.15, -0.1) is 21.5 Å². The summed E-state index contributed by atoms with van der Waals surface area (Å²) in [6, 6.07) is 5.99. The fourth-order valence-electron chi connectivity index (χ4n) is 1.58. The lowest BCUT2D eigenvalue weighted by Crippen LogP contribution is -1.77. The Hall–Kier alpha value is -2.28. The average molecular weight is 277 g/mol. The molecule has 0 aliphatic rings. The molecule has 1 N–H and O–H groups in total. The molecule has 2 heterocycles. The van der Waals surface area contributed by atoms with E-state index in [0.717, 1.165) is 11.3 Å². The highest BCUT2D eigenvalue weighted by molar-refractivity contribution is 7.18. The zero-order chi connectivity index (χ0) is 13.4. The Morgan fingerprint density at radius 1 is 1.32 bits per heavy atom. The molecule has 0 unspecified atom stereocenters. The molecule has 1 aromatic carbocycles. The molecule has 19 heavy (non-hydrogen) atoms. The fraction of sp³-hybridized carbons (Fsp3) is 0.0833. The van der Waals surface area contributed by atoms with Crippen LogP contribution in [0.1, 0.15) is 5.89 Å². The second-order valence-electron chi connectivity index (χ2n) is 3.81. The van der Waals surface area contributed by atoms with Crippen molar-refractivity contribution in [2.45, 2.75) is 6.92 Å². The number of aryl methyl sites for hydroxylation is 1. The SMILES string of the molecule is Cc1nnc(-c2sc(-c3cccc(F)c3)nc2O)o1. The molecule has 0 saturated carbocycles. The number of aromatic nitrogens is 3. The van der Waals surface area contributed by atoms with E-state index in [2.05, 4.69) is 15.2 Å². The molecular weight excluding hydrogens is 269 g/mol. The summed E-state index contributed by atoms with van der Waals surface area (Å²) >= 11 is 1.16. The second kappa shape index (κ2) is 4.43. The van der Waals surface area contributed by atoms with Crippen molar-refractivity contribution in [2.24, 2.45) is 0 Å². The average Bonchev–Trinajstić information content (AvgIpc) is 2.95. The summed E-state index contributed by atoms with van der Waals surface area (Å²) < 4.78 is 18.4. The highest BCUT2D eigenvalue weighted by Crippen LogP contribution is 2.38. The third-order valence-corrected chi connectivity index (χ3v) is 3.48. The third kappa shape index (κ3) is 2.19. The molecule has 3 rings (SSSR count). The van der Waals surface area contributed by atoms with Crippen molar-refractivity contribution in [3.05, 3.63) is 36.0 Å². The van der Waals surface area contributed by atoms with E-state index in [1.807, 2.05) is 0 Å². The summed E-state index contributed by atoms with van der Waals surface area (Å²) in [6.07, 6.45) is 0. The van der Waals surface area contributed by atoms with Crippen molar-refractivity contribution in [3.8, 4) is 27.2 Å². The van der Waals surface area contributed by atoms with Crippen LogP contribution < -0.4 is 0 Å². The molecule has 0 radical (unpaired) electrons. The van der Waals surface area contributed by atoms with Gasteiger partial charge in [-0.25, -0.2) is 9.37 Å². The topological polar surface area (TPSA) is 72.0 Å². The van der Waals surface area contributed by atoms with Gasteiger partial charge < -0.3 is 9.52 Å². The molecule has 7 heteroatoms. The zero-order valence-electron chi connectivity index (χ0n) is 9.79. The summed E-state index contributed by atoms with van der Waals surface area (Å²) in [5, 5.41) is 17.8. The summed E-state index contributed by atoms with van der Waals surface area (Å²) in [4.78, 5) is 4.36. The second-order valence-corrected chi connectivity index (χ2v) is 4.81. The number of aromatic hydroxyl groups is 1. The van der Waals surface area contributed by atoms with Crippen molar-refractivity contribution in [2.75, 3.05) is 0 Å². The number of nitrogens with zero attached hydrogens (tertiary/aromatic N) is 3. The molecule has 0 aliphatic heterocycles. The predicted octanol–water partition coefficient (Wildman–Crippen LogP) is 3.01. The normalized spacial score (nSPS) is 10.8. The Morgan fingerprint density at radius 3 is 2.84 bits per heavy atom. The smallest absolute Gasteiger partial charge is 0.263 e. The van der Waals surface area contributed by atoms with Gasteiger partial charge in [-0.3, -0.25) is 0 Å². The van der Waals surface area contributed by atoms with Crippen LogP contribution in [0.15, 0.2) is 28.7 Å². The number of hydrogen-bond acceptors (Lipinski definition) is 6. The first kappa shape index (κ1) is 11.8. The van der Waals surface area contributed by atoms with Crippen LogP contribution in [0.4, 0.5) is 4.39 Å². The summed E-state index contributed by atoms with van der Waals surface area (Å²) in [5.74, 6) is 0.0422. The third-order valence-electron chi connectivity index (χ3n) is 2.40. The van der Waals surface area contributed by atoms with E-state index in [1.165, 1.54) is 12.1 Å². The standard InChI is InChI=1S/C12H8FN3O2S/c1-6-15-16-11(18-6)9-10(17)14-12(19-9)7-3-2-4-8(13)5-7/h2-5,17H,1H3. The predicted molar refractivity (Wildman–Crippen MR) is 67.2 cm³/mol. The van der Waals surface area contributed by atoms with Gasteiger partial charge in [0.1, 0.15) is 10.8 Å². The first-order valence-electron chi connectivity index (χ1n) is 5.39. The molecule has 0 bridgehead atoms. The van der Waals surface area contributed by atoms with Crippen LogP contribution in [0.25, 0.3) is 21.3 Å². The maximum absolute atomic E-state index is 13.2. The monoisotopic (exact) mass is 277 g/mol. The maximum Gasteiger partial charge on any atom is 0.263 e. The van der Waals surface area contributed by atoms with Gasteiger partial charge in [0.05, 0.1) is 0 Å². The lowest BCUT2D eigenvalue weighted by atomic mass is 10.2. The van der Waals surface area contributed by atoms with Crippen LogP contribution >= 0.6 is 11.3 Å². The van der Waals surface area contributed by atoms with Crippen LogP contribution in [-0.4, -0.2) is 20.3 Å². The quantitative estimate of drug-likeness (QED) is 0.779. The molecule has 0 aliphatic carbocycles. The number of hydrogen-bond donors (Lipinski definition) is 1. The molecule has 0 spiro atoms. The van der Waals surface area contributed by atoms with Gasteiger partial charge in [0.2, 0.25) is 11.8 Å². The zero-order valence-corrected chi connectivity index (χ0v) is 10.6. The van der Waals surface area contributed by atoms with Gasteiger partial charge in [-0.2, -0.15) is 0 Å². The first-order valence-corrected chi connectivity index (χ1v) is 6.21. The molecule has 96 valence electrons. The minimum absolute atomic E-state index is 0.201. The molecule has 5 nitrogen and oxygen atoms in total. The number of benzene rings is 1. The lowest BCUT2D eigenvalue weighted by molar-refractivity contribution is 0.455. The molecule has 0 amide bonds. The van der Waals surface area contributed by atoms with Gasteiger partial charge in [0.25, 0.3) is 5.89 Å². The molecule has 0 atom stereocenters. The largest absolute Gasteiger partial charge is 0.492 e. The van der Waals surface area contributed by atoms with Gasteiger partial charge in [-0.1, -0.05) is 12.1 Å². The first-order chi connectivity index (χ1) is 9.13. The van der Waals surface area contributed by atoms with Crippen LogP contribution in [0.2, 0.25) is 0 Å². The molecule has 0 saturated heterocycles. The maximum atomic E-state index is 13.2. The van der Waals surface area contributed by atoms with Gasteiger partial charge in [0, 0.05) is 12.5 Å². The van der Waals surface area contributed by atoms with Crippen molar-refractivity contribution < 1.29 is 13.9 Å². The Kier molecular flexibility index (Phi) is 2.75. The van der Waals surface area contributed by atoms with E-state index in [9.17, 15) is 9.50 Å². The summed E-state index contributed by atoms with van der Waals surface area (Å²) in [6.45, 7) is 1.65. The van der Waals surface area contributed by atoms with E-state index >= 15 is 0 Å². The molecule has 2 aromatic heterocycles. The highest BCUT2D eigenvalue weighted by atomic mass is 32.1. The van der Waals surface area contributed by atoms with Crippen molar-refractivity contribution in [1.29, 1.82) is 0 Å². The lowest BCUT2D eigenvalue weighted by Gasteiger charge is -1.94. The van der Waals surface area contributed by atoms with Gasteiger partial charge in [0.15, 0.2) is 4.88 Å². The number of thiazole rings is 1. The van der Waals surface area contributed by atoms with Crippen LogP contribution in [-0.2, 0) is 0 Å². The van der Waals surface area contributed by atoms with E-state index in [1.54, 1.807) is 19.1 Å². The van der Waals surface area contributed by atoms with Crippen molar-refractivity contribution in [3.63, 3.8) is 0 Å². The number of halogens is 1. The molecule has 0 fully saturated rings. The van der Waals surface area contributed by atoms with E-state index in [0.29, 0.717) is 21.3 Å². The summed E-state index contributed by atoms with van der Waals surface area (Å²) in [5.41, 5.74) is 0.586. The fourth-order valence-corrected chi connectivity index (χ4v) is 2.46. The Bertz CT molecular complexity index is 738.